The van der Waals surface area contributed by atoms with Crippen LogP contribution in [0.1, 0.15) is 36.9 Å². The molecule has 0 spiro atoms. The summed E-state index contributed by atoms with van der Waals surface area (Å²) in [6.45, 7) is 6.60. The van der Waals surface area contributed by atoms with Crippen molar-refractivity contribution in [3.8, 4) is 11.5 Å². The number of ether oxygens (including phenoxy) is 2. The molecule has 3 aromatic rings. The van der Waals surface area contributed by atoms with E-state index in [2.05, 4.69) is 26.1 Å². The van der Waals surface area contributed by atoms with Gasteiger partial charge in [0.15, 0.2) is 16.6 Å². The first kappa shape index (κ1) is 20.4. The summed E-state index contributed by atoms with van der Waals surface area (Å²) in [5, 5.41) is 15.1. The SMILES string of the molecule is CC(C)(C)c1nc(Nc2ccc([N+](=O)[O-])cc2Cl)sc1Cc1ccc2c(c1)OCO2. The van der Waals surface area contributed by atoms with Gasteiger partial charge in [-0.25, -0.2) is 4.98 Å². The molecule has 1 aliphatic rings. The Morgan fingerprint density at radius 2 is 1.97 bits per heavy atom. The van der Waals surface area contributed by atoms with Crippen LogP contribution in [-0.2, 0) is 11.8 Å². The molecule has 2 heterocycles. The number of hydrogen-bond donors (Lipinski definition) is 1. The average Bonchev–Trinajstić information content (AvgIpc) is 3.29. The normalized spacial score (nSPS) is 12.8. The Morgan fingerprint density at radius 1 is 1.20 bits per heavy atom. The van der Waals surface area contributed by atoms with Gasteiger partial charge in [0.1, 0.15) is 0 Å². The maximum absolute atomic E-state index is 10.9. The predicted octanol–water partition coefficient (Wildman–Crippen LogP) is 6.07. The Labute approximate surface area is 182 Å². The predicted molar refractivity (Wildman–Crippen MR) is 118 cm³/mol. The molecule has 0 fully saturated rings. The molecule has 30 heavy (non-hydrogen) atoms. The zero-order valence-corrected chi connectivity index (χ0v) is 18.3. The summed E-state index contributed by atoms with van der Waals surface area (Å²) in [6, 6.07) is 10.3. The smallest absolute Gasteiger partial charge is 0.271 e. The van der Waals surface area contributed by atoms with Crippen molar-refractivity contribution in [3.63, 3.8) is 0 Å². The molecule has 9 heteroatoms. The second kappa shape index (κ2) is 7.77. The summed E-state index contributed by atoms with van der Waals surface area (Å²) in [6.07, 6.45) is 0.705. The molecule has 0 saturated heterocycles. The lowest BCUT2D eigenvalue weighted by atomic mass is 9.90. The van der Waals surface area contributed by atoms with Gasteiger partial charge >= 0.3 is 0 Å². The highest BCUT2D eigenvalue weighted by molar-refractivity contribution is 7.15. The molecular formula is C21H20ClN3O4S. The van der Waals surface area contributed by atoms with Gasteiger partial charge in [-0.2, -0.15) is 0 Å². The van der Waals surface area contributed by atoms with Crippen LogP contribution in [0.3, 0.4) is 0 Å². The van der Waals surface area contributed by atoms with Crippen LogP contribution >= 0.6 is 22.9 Å². The largest absolute Gasteiger partial charge is 0.454 e. The van der Waals surface area contributed by atoms with Gasteiger partial charge in [-0.3, -0.25) is 10.1 Å². The lowest BCUT2D eigenvalue weighted by Crippen LogP contribution is -2.14. The zero-order valence-electron chi connectivity index (χ0n) is 16.7. The number of nitrogens with zero attached hydrogens (tertiary/aromatic N) is 2. The van der Waals surface area contributed by atoms with Gasteiger partial charge in [0.05, 0.1) is 21.3 Å². The lowest BCUT2D eigenvalue weighted by molar-refractivity contribution is -0.384. The van der Waals surface area contributed by atoms with Crippen LogP contribution in [0, 0.1) is 10.1 Å². The number of nitro groups is 1. The summed E-state index contributed by atoms with van der Waals surface area (Å²) >= 11 is 7.77. The van der Waals surface area contributed by atoms with Crippen molar-refractivity contribution in [2.24, 2.45) is 0 Å². The van der Waals surface area contributed by atoms with Crippen LogP contribution in [0.15, 0.2) is 36.4 Å². The third-order valence-corrected chi connectivity index (χ3v) is 5.90. The van der Waals surface area contributed by atoms with Crippen molar-refractivity contribution in [2.75, 3.05) is 12.1 Å². The first-order chi connectivity index (χ1) is 14.2. The topological polar surface area (TPSA) is 86.5 Å². The number of rotatable bonds is 5. The number of anilines is 2. The third kappa shape index (κ3) is 4.20. The highest BCUT2D eigenvalue weighted by Gasteiger charge is 2.24. The molecule has 156 valence electrons. The Balaban J connectivity index is 1.63. The van der Waals surface area contributed by atoms with Crippen molar-refractivity contribution in [1.29, 1.82) is 0 Å². The summed E-state index contributed by atoms with van der Waals surface area (Å²) in [7, 11) is 0. The number of halogens is 1. The Bertz CT molecular complexity index is 1120. The molecule has 1 aromatic heterocycles. The summed E-state index contributed by atoms with van der Waals surface area (Å²) in [5.41, 5.74) is 2.47. The second-order valence-electron chi connectivity index (χ2n) is 7.95. The van der Waals surface area contributed by atoms with Crippen molar-refractivity contribution in [3.05, 3.63) is 67.7 Å². The van der Waals surface area contributed by atoms with Crippen molar-refractivity contribution < 1.29 is 14.4 Å². The van der Waals surface area contributed by atoms with E-state index in [9.17, 15) is 10.1 Å². The molecule has 2 aromatic carbocycles. The number of aromatic nitrogens is 1. The Kier molecular flexibility index (Phi) is 5.29. The average molecular weight is 446 g/mol. The van der Waals surface area contributed by atoms with Gasteiger partial charge in [-0.1, -0.05) is 38.4 Å². The van der Waals surface area contributed by atoms with Gasteiger partial charge in [-0.15, -0.1) is 11.3 Å². The molecule has 0 radical (unpaired) electrons. The number of thiazole rings is 1. The van der Waals surface area contributed by atoms with E-state index in [0.29, 0.717) is 17.2 Å². The maximum atomic E-state index is 10.9. The number of hydrogen-bond acceptors (Lipinski definition) is 7. The Hall–Kier alpha value is -2.84. The minimum Gasteiger partial charge on any atom is -0.454 e. The molecule has 0 unspecified atom stereocenters. The third-order valence-electron chi connectivity index (χ3n) is 4.61. The molecule has 7 nitrogen and oxygen atoms in total. The van der Waals surface area contributed by atoms with E-state index >= 15 is 0 Å². The lowest BCUT2D eigenvalue weighted by Gasteiger charge is -2.17. The van der Waals surface area contributed by atoms with Crippen LogP contribution in [0.25, 0.3) is 0 Å². The van der Waals surface area contributed by atoms with Crippen molar-refractivity contribution in [1.82, 2.24) is 4.98 Å². The number of benzene rings is 2. The van der Waals surface area contributed by atoms with Gasteiger partial charge < -0.3 is 14.8 Å². The second-order valence-corrected chi connectivity index (χ2v) is 9.44. The molecule has 0 saturated carbocycles. The summed E-state index contributed by atoms with van der Waals surface area (Å²) in [4.78, 5) is 16.4. The van der Waals surface area contributed by atoms with Gasteiger partial charge in [0, 0.05) is 28.8 Å². The minimum atomic E-state index is -0.472. The van der Waals surface area contributed by atoms with Gasteiger partial charge in [0.2, 0.25) is 6.79 Å². The standard InChI is InChI=1S/C21H20ClN3O4S/c1-21(2,3)19-18(9-12-4-7-16-17(8-12)29-11-28-16)30-20(24-19)23-15-6-5-13(25(26)27)10-14(15)22/h4-8,10H,9,11H2,1-3H3,(H,23,24). The highest BCUT2D eigenvalue weighted by atomic mass is 35.5. The number of nitrogens with one attached hydrogen (secondary N) is 1. The number of nitro benzene ring substituents is 1. The molecule has 0 bridgehead atoms. The van der Waals surface area contributed by atoms with Crippen LogP contribution in [-0.4, -0.2) is 16.7 Å². The van der Waals surface area contributed by atoms with Crippen molar-refractivity contribution in [2.45, 2.75) is 32.6 Å². The van der Waals surface area contributed by atoms with Crippen LogP contribution in [0.5, 0.6) is 11.5 Å². The fourth-order valence-corrected chi connectivity index (χ4v) is 4.62. The van der Waals surface area contributed by atoms with E-state index in [1.807, 2.05) is 18.2 Å². The fourth-order valence-electron chi connectivity index (χ4n) is 3.18. The number of fused-ring (bicyclic) bond motifs is 1. The maximum Gasteiger partial charge on any atom is 0.271 e. The molecule has 4 rings (SSSR count). The van der Waals surface area contributed by atoms with Gasteiger partial charge in [0.25, 0.3) is 5.69 Å². The molecule has 0 amide bonds. The molecule has 0 aliphatic carbocycles. The molecular weight excluding hydrogens is 426 g/mol. The minimum absolute atomic E-state index is 0.0523. The van der Waals surface area contributed by atoms with Crippen LogP contribution in [0.4, 0.5) is 16.5 Å². The van der Waals surface area contributed by atoms with E-state index in [1.165, 1.54) is 12.1 Å². The zero-order chi connectivity index (χ0) is 21.5. The van der Waals surface area contributed by atoms with Gasteiger partial charge in [-0.05, 0) is 23.8 Å². The molecule has 0 atom stereocenters. The number of non-ortho nitro benzene ring substituents is 1. The first-order valence-corrected chi connectivity index (χ1v) is 10.5. The van der Waals surface area contributed by atoms with E-state index < -0.39 is 4.92 Å². The highest BCUT2D eigenvalue weighted by Crippen LogP contribution is 2.38. The first-order valence-electron chi connectivity index (χ1n) is 9.30. The monoisotopic (exact) mass is 445 g/mol. The summed E-state index contributed by atoms with van der Waals surface area (Å²) < 4.78 is 10.9. The van der Waals surface area contributed by atoms with Crippen molar-refractivity contribution >= 4 is 39.4 Å². The molecule has 1 aliphatic heterocycles. The Morgan fingerprint density at radius 3 is 2.67 bits per heavy atom. The fraction of sp³-hybridized carbons (Fsp3) is 0.286. The van der Waals surface area contributed by atoms with E-state index in [4.69, 9.17) is 26.1 Å². The quantitative estimate of drug-likeness (QED) is 0.379. The van der Waals surface area contributed by atoms with Crippen LogP contribution in [0.2, 0.25) is 5.02 Å². The molecule has 1 N–H and O–H groups in total. The van der Waals surface area contributed by atoms with E-state index in [0.717, 1.165) is 27.6 Å². The van der Waals surface area contributed by atoms with E-state index in [1.54, 1.807) is 17.4 Å². The van der Waals surface area contributed by atoms with Crippen LogP contribution < -0.4 is 14.8 Å². The summed E-state index contributed by atoms with van der Waals surface area (Å²) in [5.74, 6) is 1.51. The van der Waals surface area contributed by atoms with E-state index in [-0.39, 0.29) is 22.9 Å².